The van der Waals surface area contributed by atoms with Gasteiger partial charge in [-0.2, -0.15) is 0 Å². The van der Waals surface area contributed by atoms with E-state index in [4.69, 9.17) is 14.6 Å². The quantitative estimate of drug-likeness (QED) is 0.644. The molecule has 0 saturated carbocycles. The third kappa shape index (κ3) is 4.70. The standard InChI is InChI=1S/C11H19NO5/c1-16-5-6-17-8-10(13)12-4-2-3-9(12)7-11(14)15/h9H,2-8H2,1H3,(H,14,15). The Hall–Kier alpha value is -1.14. The maximum atomic E-state index is 11.8. The molecule has 0 aromatic rings. The molecule has 0 bridgehead atoms. The van der Waals surface area contributed by atoms with Crippen LogP contribution in [0.3, 0.4) is 0 Å². The summed E-state index contributed by atoms with van der Waals surface area (Å²) >= 11 is 0. The summed E-state index contributed by atoms with van der Waals surface area (Å²) in [5, 5.41) is 8.73. The number of aliphatic carboxylic acids is 1. The first-order chi connectivity index (χ1) is 8.15. The highest BCUT2D eigenvalue weighted by molar-refractivity contribution is 5.79. The number of nitrogens with zero attached hydrogens (tertiary/aromatic N) is 1. The number of methoxy groups -OCH3 is 1. The number of ether oxygens (including phenoxy) is 2. The van der Waals surface area contributed by atoms with Crippen molar-refractivity contribution in [3.63, 3.8) is 0 Å². The first-order valence-electron chi connectivity index (χ1n) is 5.73. The van der Waals surface area contributed by atoms with Crippen LogP contribution in [0.2, 0.25) is 0 Å². The molecule has 1 N–H and O–H groups in total. The smallest absolute Gasteiger partial charge is 0.305 e. The molecular formula is C11H19NO5. The fraction of sp³-hybridized carbons (Fsp3) is 0.818. The molecule has 6 nitrogen and oxygen atoms in total. The van der Waals surface area contributed by atoms with Crippen LogP contribution in [0.25, 0.3) is 0 Å². The molecule has 0 aliphatic carbocycles. The van der Waals surface area contributed by atoms with E-state index >= 15 is 0 Å². The van der Waals surface area contributed by atoms with E-state index in [-0.39, 0.29) is 25.0 Å². The van der Waals surface area contributed by atoms with Crippen LogP contribution in [0.15, 0.2) is 0 Å². The largest absolute Gasteiger partial charge is 0.481 e. The molecule has 1 heterocycles. The van der Waals surface area contributed by atoms with Gasteiger partial charge in [0.25, 0.3) is 0 Å². The Morgan fingerprint density at radius 1 is 1.41 bits per heavy atom. The van der Waals surface area contributed by atoms with Crippen LogP contribution in [-0.2, 0) is 19.1 Å². The van der Waals surface area contributed by atoms with Gasteiger partial charge in [-0.25, -0.2) is 0 Å². The number of carbonyl (C=O) groups is 2. The third-order valence-electron chi connectivity index (χ3n) is 2.77. The number of amides is 1. The van der Waals surface area contributed by atoms with Crippen molar-refractivity contribution in [1.82, 2.24) is 4.90 Å². The molecule has 0 aromatic carbocycles. The van der Waals surface area contributed by atoms with E-state index in [0.29, 0.717) is 19.8 Å². The molecule has 0 radical (unpaired) electrons. The van der Waals surface area contributed by atoms with Crippen molar-refractivity contribution in [3.05, 3.63) is 0 Å². The first-order valence-corrected chi connectivity index (χ1v) is 5.73. The minimum Gasteiger partial charge on any atom is -0.481 e. The van der Waals surface area contributed by atoms with Gasteiger partial charge >= 0.3 is 5.97 Å². The Kier molecular flexibility index (Phi) is 5.93. The van der Waals surface area contributed by atoms with E-state index in [1.807, 2.05) is 0 Å². The van der Waals surface area contributed by atoms with Crippen LogP contribution in [-0.4, -0.2) is 61.4 Å². The zero-order valence-electron chi connectivity index (χ0n) is 10.1. The van der Waals surface area contributed by atoms with Gasteiger partial charge in [0.05, 0.1) is 19.6 Å². The highest BCUT2D eigenvalue weighted by atomic mass is 16.5. The zero-order valence-corrected chi connectivity index (χ0v) is 10.1. The Morgan fingerprint density at radius 3 is 2.82 bits per heavy atom. The first kappa shape index (κ1) is 13.9. The van der Waals surface area contributed by atoms with Gasteiger partial charge in [-0.1, -0.05) is 0 Å². The lowest BCUT2D eigenvalue weighted by Gasteiger charge is -2.23. The van der Waals surface area contributed by atoms with E-state index in [0.717, 1.165) is 12.8 Å². The van der Waals surface area contributed by atoms with Gasteiger partial charge in [-0.15, -0.1) is 0 Å². The van der Waals surface area contributed by atoms with Gasteiger partial charge in [-0.05, 0) is 12.8 Å². The van der Waals surface area contributed by atoms with Gasteiger partial charge < -0.3 is 19.5 Å². The second-order valence-electron chi connectivity index (χ2n) is 4.03. The van der Waals surface area contributed by atoms with Crippen molar-refractivity contribution < 1.29 is 24.2 Å². The molecule has 0 spiro atoms. The fourth-order valence-corrected chi connectivity index (χ4v) is 1.96. The Morgan fingerprint density at radius 2 is 2.18 bits per heavy atom. The SMILES string of the molecule is COCCOCC(=O)N1CCCC1CC(=O)O. The summed E-state index contributed by atoms with van der Waals surface area (Å²) in [5.41, 5.74) is 0. The Labute approximate surface area is 100 Å². The van der Waals surface area contributed by atoms with E-state index in [2.05, 4.69) is 0 Å². The summed E-state index contributed by atoms with van der Waals surface area (Å²) < 4.78 is 9.93. The number of carboxylic acids is 1. The zero-order chi connectivity index (χ0) is 12.7. The van der Waals surface area contributed by atoms with Crippen LogP contribution in [0, 0.1) is 0 Å². The lowest BCUT2D eigenvalue weighted by molar-refractivity contribution is -0.141. The molecule has 1 aliphatic heterocycles. The summed E-state index contributed by atoms with van der Waals surface area (Å²) in [5.74, 6) is -1.00. The summed E-state index contributed by atoms with van der Waals surface area (Å²) in [6.45, 7) is 1.45. The lowest BCUT2D eigenvalue weighted by Crippen LogP contribution is -2.39. The molecule has 1 saturated heterocycles. The number of hydrogen-bond acceptors (Lipinski definition) is 4. The van der Waals surface area contributed by atoms with Crippen molar-refractivity contribution >= 4 is 11.9 Å². The van der Waals surface area contributed by atoms with Gasteiger partial charge in [0.1, 0.15) is 6.61 Å². The molecule has 17 heavy (non-hydrogen) atoms. The second kappa shape index (κ2) is 7.24. The number of hydrogen-bond donors (Lipinski definition) is 1. The molecule has 1 fully saturated rings. The third-order valence-corrected chi connectivity index (χ3v) is 2.77. The number of carboxylic acid groups (broad SMARTS) is 1. The van der Waals surface area contributed by atoms with Gasteiger partial charge in [0.2, 0.25) is 5.91 Å². The molecule has 6 heteroatoms. The Balaban J connectivity index is 2.31. The molecule has 1 unspecified atom stereocenters. The maximum Gasteiger partial charge on any atom is 0.305 e. The fourth-order valence-electron chi connectivity index (χ4n) is 1.96. The average molecular weight is 245 g/mol. The molecule has 1 amide bonds. The summed E-state index contributed by atoms with van der Waals surface area (Å²) in [6, 6.07) is -0.175. The van der Waals surface area contributed by atoms with Crippen LogP contribution >= 0.6 is 0 Å². The summed E-state index contributed by atoms with van der Waals surface area (Å²) in [6.07, 6.45) is 1.64. The minimum atomic E-state index is -0.866. The molecule has 1 rings (SSSR count). The van der Waals surface area contributed by atoms with Crippen molar-refractivity contribution in [1.29, 1.82) is 0 Å². The number of likely N-dealkylation sites (tertiary alicyclic amines) is 1. The van der Waals surface area contributed by atoms with Crippen molar-refractivity contribution in [2.75, 3.05) is 33.5 Å². The van der Waals surface area contributed by atoms with Crippen LogP contribution in [0.1, 0.15) is 19.3 Å². The monoisotopic (exact) mass is 245 g/mol. The van der Waals surface area contributed by atoms with Crippen LogP contribution in [0.5, 0.6) is 0 Å². The number of carbonyl (C=O) groups excluding carboxylic acids is 1. The van der Waals surface area contributed by atoms with Gasteiger partial charge in [-0.3, -0.25) is 9.59 Å². The van der Waals surface area contributed by atoms with Crippen LogP contribution < -0.4 is 0 Å². The predicted molar refractivity (Wildman–Crippen MR) is 59.7 cm³/mol. The Bertz CT molecular complexity index is 269. The summed E-state index contributed by atoms with van der Waals surface area (Å²) in [4.78, 5) is 24.0. The topological polar surface area (TPSA) is 76.1 Å². The van der Waals surface area contributed by atoms with E-state index < -0.39 is 5.97 Å². The van der Waals surface area contributed by atoms with Gasteiger partial charge in [0, 0.05) is 19.7 Å². The second-order valence-corrected chi connectivity index (χ2v) is 4.03. The van der Waals surface area contributed by atoms with Crippen molar-refractivity contribution in [2.24, 2.45) is 0 Å². The molecule has 1 aliphatic rings. The van der Waals surface area contributed by atoms with Gasteiger partial charge in [0.15, 0.2) is 0 Å². The lowest BCUT2D eigenvalue weighted by atomic mass is 10.1. The summed E-state index contributed by atoms with van der Waals surface area (Å²) in [7, 11) is 1.56. The van der Waals surface area contributed by atoms with Crippen LogP contribution in [0.4, 0.5) is 0 Å². The highest BCUT2D eigenvalue weighted by Gasteiger charge is 2.30. The predicted octanol–water partition coefficient (Wildman–Crippen LogP) is 0.115. The van der Waals surface area contributed by atoms with Crippen molar-refractivity contribution in [3.8, 4) is 0 Å². The van der Waals surface area contributed by atoms with E-state index in [9.17, 15) is 9.59 Å². The van der Waals surface area contributed by atoms with E-state index in [1.165, 1.54) is 0 Å². The maximum absolute atomic E-state index is 11.8. The molecule has 0 aromatic heterocycles. The normalized spacial score (nSPS) is 19.6. The van der Waals surface area contributed by atoms with E-state index in [1.54, 1.807) is 12.0 Å². The number of rotatable bonds is 7. The average Bonchev–Trinajstić information content (AvgIpc) is 2.71. The van der Waals surface area contributed by atoms with Crippen molar-refractivity contribution in [2.45, 2.75) is 25.3 Å². The molecule has 98 valence electrons. The minimum absolute atomic E-state index is 0.000517. The molecule has 1 atom stereocenters. The molecular weight excluding hydrogens is 226 g/mol. The highest BCUT2D eigenvalue weighted by Crippen LogP contribution is 2.20.